The quantitative estimate of drug-likeness (QED) is 0.0907. The van der Waals surface area contributed by atoms with Crippen molar-refractivity contribution in [2.75, 3.05) is 54.9 Å². The van der Waals surface area contributed by atoms with Crippen LogP contribution in [0.1, 0.15) is 148 Å². The second-order valence-electron chi connectivity index (χ2n) is 26.2. The number of aliphatic hydroxyl groups is 4. The monoisotopic (exact) mass is 1140 g/mol. The Morgan fingerprint density at radius 3 is 1.54 bits per heavy atom. The van der Waals surface area contributed by atoms with Crippen molar-refractivity contribution < 1.29 is 57.1 Å². The van der Waals surface area contributed by atoms with Gasteiger partial charge >= 0.3 is 17.8 Å². The summed E-state index contributed by atoms with van der Waals surface area (Å²) in [6.07, 6.45) is 5.97. The maximum atomic E-state index is 12.7. The number of primary amides is 1. The van der Waals surface area contributed by atoms with Crippen LogP contribution < -0.4 is 16.4 Å². The second kappa shape index (κ2) is 23.4. The number of piperidine rings is 3. The molecule has 3 saturated heterocycles. The number of nitrogens with two attached hydrogens (primary N) is 1. The highest BCUT2D eigenvalue weighted by Gasteiger charge is 2.71. The molecule has 0 radical (unpaired) electrons. The van der Waals surface area contributed by atoms with Gasteiger partial charge in [0, 0.05) is 56.7 Å². The number of aryl methyl sites for hydroxylation is 2. The van der Waals surface area contributed by atoms with Crippen LogP contribution >= 0.6 is 0 Å². The largest absolute Gasteiger partial charge is 0.508 e. The number of ether oxygens (including phenoxy) is 2. The number of likely N-dealkylation sites (N-methyl/N-ethyl adjacent to an activating group) is 5. The molecule has 6 aliphatic carbocycles. The molecule has 3 aliphatic heterocycles. The number of fused-ring (bicyclic) bond motifs is 3. The fourth-order valence-electron chi connectivity index (χ4n) is 16.9. The van der Waals surface area contributed by atoms with Gasteiger partial charge in [-0.2, -0.15) is 4.79 Å². The third-order valence-corrected chi connectivity index (χ3v) is 20.7. The zero-order valence-corrected chi connectivity index (χ0v) is 48.9. The topological polar surface area (TPSA) is 267 Å². The van der Waals surface area contributed by atoms with Crippen LogP contribution in [-0.4, -0.2) is 188 Å². The number of nitrogens with one attached hydrogen (secondary N) is 2. The second-order valence-corrected chi connectivity index (χ2v) is 26.2. The predicted octanol–water partition coefficient (Wildman–Crippen LogP) is 5.56. The summed E-state index contributed by atoms with van der Waals surface area (Å²) >= 11 is 0. The van der Waals surface area contributed by atoms with Gasteiger partial charge in [-0.05, 0) is 199 Å². The molecule has 0 spiro atoms. The van der Waals surface area contributed by atoms with Gasteiger partial charge in [0.25, 0.3) is 0 Å². The molecule has 9 aliphatic rings. The molecule has 0 aromatic heterocycles. The van der Waals surface area contributed by atoms with E-state index < -0.39 is 51.5 Å². The van der Waals surface area contributed by atoms with E-state index in [1.165, 1.54) is 34.7 Å². The molecule has 3 heterocycles. The van der Waals surface area contributed by atoms with Crippen LogP contribution in [-0.2, 0) is 54.6 Å². The summed E-state index contributed by atoms with van der Waals surface area (Å²) in [6, 6.07) is 18.6. The number of ketones is 1. The van der Waals surface area contributed by atoms with E-state index in [0.717, 1.165) is 74.8 Å². The molecule has 82 heavy (non-hydrogen) atoms. The lowest BCUT2D eigenvalue weighted by Crippen LogP contribution is -2.75. The lowest BCUT2D eigenvalue weighted by molar-refractivity contribution is -0.198. The third kappa shape index (κ3) is 10.5. The number of rotatable bonds is 3. The van der Waals surface area contributed by atoms with E-state index in [4.69, 9.17) is 13.4 Å². The lowest BCUT2D eigenvalue weighted by Gasteiger charge is -2.65. The number of phenols is 1. The molecule has 1 unspecified atom stereocenters. The number of hydrogen-bond acceptors (Lipinski definition) is 15. The number of aliphatic hydroxyl groups excluding tert-OH is 2. The molecule has 3 aromatic carbocycles. The Hall–Kier alpha value is -5.11. The third-order valence-electron chi connectivity index (χ3n) is 20.7. The zero-order chi connectivity index (χ0) is 60.3. The van der Waals surface area contributed by atoms with Crippen LogP contribution in [0.25, 0.3) is 5.53 Å². The average molecular weight is 1140 g/mol. The Morgan fingerprint density at radius 2 is 1.12 bits per heavy atom. The smallest absolute Gasteiger partial charge is 0.405 e. The molecule has 6 fully saturated rings. The molecule has 454 valence electrons. The van der Waals surface area contributed by atoms with Crippen molar-refractivity contribution in [1.82, 2.24) is 25.3 Å². The summed E-state index contributed by atoms with van der Waals surface area (Å²) in [4.78, 5) is 44.9. The highest BCUT2D eigenvalue weighted by molar-refractivity contribution is 6.39. The molecule has 9 N–H and O–H groups in total. The van der Waals surface area contributed by atoms with Gasteiger partial charge in [-0.25, -0.2) is 4.79 Å². The number of aromatic hydroxyl groups is 1. The number of carbonyl (C=O) groups is 3. The first-order valence-corrected chi connectivity index (χ1v) is 28.8. The lowest BCUT2D eigenvalue weighted by atomic mass is 9.48. The van der Waals surface area contributed by atoms with Gasteiger partial charge in [-0.1, -0.05) is 68.4 Å². The molecule has 6 bridgehead atoms. The number of carbonyl (C=O) groups excluding carboxylic acids is 3. The fraction of sp³-hybridized carbons (Fsp3) is 0.656. The highest BCUT2D eigenvalue weighted by atomic mass is 16.6. The number of benzene rings is 3. The van der Waals surface area contributed by atoms with Crippen molar-refractivity contribution >= 4 is 23.6 Å². The first kappa shape index (κ1) is 62.9. The Labute approximate surface area is 489 Å². The van der Waals surface area contributed by atoms with Gasteiger partial charge in [0.1, 0.15) is 17.0 Å². The maximum Gasteiger partial charge on any atom is 0.405 e. The molecule has 18 heteroatoms. The fourth-order valence-corrected chi connectivity index (χ4v) is 16.9. The molecule has 12 rings (SSSR count). The number of nitrogens with zero attached hydrogens (tertiary/aromatic N) is 5. The Kier molecular flexibility index (Phi) is 18.0. The van der Waals surface area contributed by atoms with Gasteiger partial charge in [0.15, 0.2) is 0 Å². The molecule has 3 saturated carbocycles. The normalized spacial score (nSPS) is 35.7. The number of hydrogen-bond donors (Lipinski definition) is 8. The summed E-state index contributed by atoms with van der Waals surface area (Å²) in [5.41, 5.74) is 19.4. The maximum absolute atomic E-state index is 12.7. The molecule has 3 aromatic rings. The summed E-state index contributed by atoms with van der Waals surface area (Å²) in [5, 5.41) is 61.4. The van der Waals surface area contributed by atoms with Crippen molar-refractivity contribution in [2.24, 2.45) is 5.73 Å². The molecular formula is C64H98N8O10. The molecule has 18 nitrogen and oxygen atoms in total. The van der Waals surface area contributed by atoms with Crippen molar-refractivity contribution in [1.29, 1.82) is 0 Å². The summed E-state index contributed by atoms with van der Waals surface area (Å²) < 4.78 is 20.6. The van der Waals surface area contributed by atoms with Crippen LogP contribution in [0, 0.1) is 13.8 Å². The first-order valence-electron chi connectivity index (χ1n) is 29.8. The average Bonchev–Trinajstić information content (AvgIpc) is 0.727. The Morgan fingerprint density at radius 1 is 0.707 bits per heavy atom. The Bertz CT molecular complexity index is 2850. The number of esters is 1. The molecular weight excluding hydrogens is 1040 g/mol. The van der Waals surface area contributed by atoms with Crippen molar-refractivity contribution in [3.63, 3.8) is 0 Å². The minimum absolute atomic E-state index is 0. The first-order chi connectivity index (χ1) is 38.6. The standard InChI is InChI=1S/C20H23N3O3.C19H28N2O2.C18H26N2O3.C5H11NO2.2CH4.H2/c1-12-4-5-14-9-18-20(26-13(2)24)10-16(22-21)17(25)11-19(20,15(14)8-12)6-7-23(18)3;1-12-4-5-13-9-17-19(23)10-15(20-2)16(22)11-18(19,14(13)8-12)6-7-21(17)3;1-19-14-9-18(23)16-7-11-3-4-12(21)8-13(11)17(18,10-15(14)22)5-6-20(16)2;1-5(2,3)8-4(6)7;;;/h4-5,8,18H,6-7,9-11H2,1-3H3;4-5,8,15-17,20,22-23H,6-7,9-11H2,1-3H3;3-4,8,14-16,19,21-23H,5-7,9-10H2,1-2H3;1-3H3,(H2,6,7);2*1H4;1H/t18-,19-,20-;15-,16?,17+,18+,19+;14-,15+,16+,17+,18+;;;;/m100..../s1/i;;;;;;1+1D. The number of likely N-dealkylation sites (tertiary alicyclic amines) is 3. The van der Waals surface area contributed by atoms with Crippen LogP contribution in [0.3, 0.4) is 0 Å². The summed E-state index contributed by atoms with van der Waals surface area (Å²) in [5.74, 6) is -0.284. The summed E-state index contributed by atoms with van der Waals surface area (Å²) in [7, 11) is 9.97. The van der Waals surface area contributed by atoms with Crippen molar-refractivity contribution in [3.8, 4) is 5.75 Å². The van der Waals surface area contributed by atoms with Gasteiger partial charge in [0.2, 0.25) is 5.78 Å². The molecule has 1 amide bonds. The van der Waals surface area contributed by atoms with Crippen molar-refractivity contribution in [2.45, 2.75) is 215 Å². The van der Waals surface area contributed by atoms with Gasteiger partial charge in [-0.15, -0.1) is 0 Å². The number of phenolic OH excluding ortho intramolecular Hbond substituents is 1. The van der Waals surface area contributed by atoms with Gasteiger partial charge in [-0.3, -0.25) is 14.5 Å². The van der Waals surface area contributed by atoms with E-state index in [1.807, 2.05) is 40.2 Å². The van der Waals surface area contributed by atoms with E-state index >= 15 is 0 Å². The van der Waals surface area contributed by atoms with Crippen LogP contribution in [0.4, 0.5) is 4.79 Å². The van der Waals surface area contributed by atoms with Gasteiger partial charge in [0.05, 0.1) is 35.9 Å². The van der Waals surface area contributed by atoms with E-state index in [1.54, 1.807) is 26.8 Å². The zero-order valence-electron chi connectivity index (χ0n) is 50.9. The van der Waals surface area contributed by atoms with Crippen molar-refractivity contribution in [3.05, 3.63) is 105 Å². The van der Waals surface area contributed by atoms with Crippen LogP contribution in [0.5, 0.6) is 5.75 Å². The minimum Gasteiger partial charge on any atom is -0.508 e. The predicted molar refractivity (Wildman–Crippen MR) is 319 cm³/mol. The molecule has 13 atom stereocenters. The minimum atomic E-state index is -0.887. The van der Waals surface area contributed by atoms with E-state index in [9.17, 15) is 45.4 Å². The van der Waals surface area contributed by atoms with E-state index in [2.05, 4.69) is 92.3 Å². The van der Waals surface area contributed by atoms with E-state index in [-0.39, 0.29) is 86.5 Å². The SMILES string of the molecule is C.C.CC(=O)O[C@@]12CC(=[N+]=[N-])C(=O)C[C@@]13CCN(C)[C@@H]2Cc1ccc(C)cc13.CC(C)(C)OC(N)=O.CN[C@H]1C[C@@]2(O)[C@H]3Cc4ccc(C)cc4[C@@]2(CCN3C)CC1O.CN[C@H]1C[C@@]2(O)[C@H]3Cc4ccc(O)cc4[C@@]2(CCN3C)C[C@H]1O.[2H][2H]. The van der Waals surface area contributed by atoms with Gasteiger partial charge < -0.3 is 66.7 Å². The van der Waals surface area contributed by atoms with E-state index in [0.29, 0.717) is 25.7 Å². The van der Waals surface area contributed by atoms with Crippen LogP contribution in [0.15, 0.2) is 54.6 Å². The highest BCUT2D eigenvalue weighted by Crippen LogP contribution is 2.61. The van der Waals surface area contributed by atoms with Crippen LogP contribution in [0.2, 0.25) is 0 Å². The Balaban J connectivity index is 0.000000185. The summed E-state index contributed by atoms with van der Waals surface area (Å²) in [6.45, 7) is 13.6. The number of amides is 1. The number of Topliss-reactive ketones (excluding diaryl/α,β-unsaturated/α-hetero) is 1.